The molecule has 8 heavy (non-hydrogen) atoms. The molecule has 0 saturated heterocycles. The maximum atomic E-state index is 4.96. The van der Waals surface area contributed by atoms with E-state index in [4.69, 9.17) is 8.84 Å². The van der Waals surface area contributed by atoms with Crippen LogP contribution in [-0.4, -0.2) is 16.9 Å². The summed E-state index contributed by atoms with van der Waals surface area (Å²) in [5, 5.41) is 0.896. The normalized spacial score (nSPS) is 9.62. The van der Waals surface area contributed by atoms with Crippen LogP contribution in [0.25, 0.3) is 0 Å². The van der Waals surface area contributed by atoms with Crippen LogP contribution in [0.1, 0.15) is 0 Å². The molecule has 0 spiro atoms. The van der Waals surface area contributed by atoms with Crippen molar-refractivity contribution in [2.75, 3.05) is 7.11 Å². The molecule has 2 radical (unpaired) electrons. The van der Waals surface area contributed by atoms with Crippen LogP contribution in [0, 0.1) is 0 Å². The van der Waals surface area contributed by atoms with Crippen molar-refractivity contribution >= 4 is 15.1 Å². The van der Waals surface area contributed by atoms with E-state index in [-0.39, 0.29) is 0 Å². The van der Waals surface area contributed by atoms with Crippen molar-refractivity contribution in [3.8, 4) is 0 Å². The standard InChI is InChI=1S/C5H6O2Si/c1-6-8-5-3-2-4-7-5/h2-4H,1H3. The Morgan fingerprint density at radius 1 is 1.75 bits per heavy atom. The van der Waals surface area contributed by atoms with Crippen LogP contribution in [0.2, 0.25) is 0 Å². The predicted molar refractivity (Wildman–Crippen MR) is 31.1 cm³/mol. The van der Waals surface area contributed by atoms with Crippen LogP contribution in [0.15, 0.2) is 22.8 Å². The highest BCUT2D eigenvalue weighted by Crippen LogP contribution is 1.79. The average Bonchev–Trinajstić information content (AvgIpc) is 2.19. The van der Waals surface area contributed by atoms with Crippen molar-refractivity contribution in [3.05, 3.63) is 18.4 Å². The van der Waals surface area contributed by atoms with Gasteiger partial charge in [0.15, 0.2) is 0 Å². The topological polar surface area (TPSA) is 22.4 Å². The Morgan fingerprint density at radius 2 is 2.62 bits per heavy atom. The van der Waals surface area contributed by atoms with Crippen molar-refractivity contribution in [2.24, 2.45) is 0 Å². The molecule has 0 amide bonds. The van der Waals surface area contributed by atoms with Crippen molar-refractivity contribution in [3.63, 3.8) is 0 Å². The molecule has 0 fully saturated rings. The molecule has 1 aromatic rings. The zero-order chi connectivity index (χ0) is 5.82. The highest BCUT2D eigenvalue weighted by atomic mass is 28.2. The predicted octanol–water partition coefficient (Wildman–Crippen LogP) is 0.170. The molecule has 0 aromatic carbocycles. The molecule has 0 unspecified atom stereocenters. The van der Waals surface area contributed by atoms with Crippen LogP contribution >= 0.6 is 0 Å². The lowest BCUT2D eigenvalue weighted by Gasteiger charge is -1.85. The summed E-state index contributed by atoms with van der Waals surface area (Å²) < 4.78 is 9.78. The van der Waals surface area contributed by atoms with E-state index in [1.54, 1.807) is 13.4 Å². The summed E-state index contributed by atoms with van der Waals surface area (Å²) in [5.74, 6) is 0. The van der Waals surface area contributed by atoms with E-state index in [9.17, 15) is 0 Å². The smallest absolute Gasteiger partial charge is 0.314 e. The van der Waals surface area contributed by atoms with Gasteiger partial charge in [-0.25, -0.2) is 0 Å². The van der Waals surface area contributed by atoms with Crippen LogP contribution in [0.5, 0.6) is 0 Å². The minimum Gasteiger partial charge on any atom is -0.472 e. The Hall–Kier alpha value is -0.543. The van der Waals surface area contributed by atoms with Gasteiger partial charge in [-0.3, -0.25) is 0 Å². The van der Waals surface area contributed by atoms with Gasteiger partial charge in [0.05, 0.1) is 6.26 Å². The molecule has 0 N–H and O–H groups in total. The lowest BCUT2D eigenvalue weighted by Crippen LogP contribution is -2.12. The Labute approximate surface area is 50.4 Å². The van der Waals surface area contributed by atoms with E-state index in [0.717, 1.165) is 5.38 Å². The zero-order valence-corrected chi connectivity index (χ0v) is 5.55. The molecule has 3 heteroatoms. The van der Waals surface area contributed by atoms with Gasteiger partial charge in [-0.05, 0) is 12.1 Å². The van der Waals surface area contributed by atoms with Crippen LogP contribution < -0.4 is 5.38 Å². The van der Waals surface area contributed by atoms with E-state index in [1.807, 2.05) is 12.1 Å². The zero-order valence-electron chi connectivity index (χ0n) is 4.55. The van der Waals surface area contributed by atoms with Crippen molar-refractivity contribution in [1.82, 2.24) is 0 Å². The molecule has 0 saturated carbocycles. The SMILES string of the molecule is CO[Si]c1ccco1. The number of furan rings is 1. The second-order valence-electron chi connectivity index (χ2n) is 1.28. The Bertz CT molecular complexity index is 136. The number of hydrogen-bond donors (Lipinski definition) is 0. The first-order chi connectivity index (χ1) is 3.93. The van der Waals surface area contributed by atoms with E-state index >= 15 is 0 Å². The van der Waals surface area contributed by atoms with Gasteiger partial charge in [0.1, 0.15) is 5.38 Å². The third kappa shape index (κ3) is 1.21. The second-order valence-corrected chi connectivity index (χ2v) is 2.39. The summed E-state index contributed by atoms with van der Waals surface area (Å²) in [6.45, 7) is 0. The highest BCUT2D eigenvalue weighted by Gasteiger charge is 1.93. The maximum absolute atomic E-state index is 4.96. The van der Waals surface area contributed by atoms with E-state index < -0.39 is 0 Å². The lowest BCUT2D eigenvalue weighted by molar-refractivity contribution is 0.441. The first kappa shape index (κ1) is 5.59. The number of hydrogen-bond acceptors (Lipinski definition) is 2. The number of rotatable bonds is 2. The van der Waals surface area contributed by atoms with Crippen LogP contribution in [0.4, 0.5) is 0 Å². The minimum atomic E-state index is 0.345. The van der Waals surface area contributed by atoms with Crippen LogP contribution in [-0.2, 0) is 4.43 Å². The first-order valence-corrected chi connectivity index (χ1v) is 3.17. The third-order valence-corrected chi connectivity index (χ3v) is 1.41. The van der Waals surface area contributed by atoms with Gasteiger partial charge in [-0.15, -0.1) is 0 Å². The largest absolute Gasteiger partial charge is 0.472 e. The molecular weight excluding hydrogens is 120 g/mol. The lowest BCUT2D eigenvalue weighted by atomic mass is 10.7. The summed E-state index contributed by atoms with van der Waals surface area (Å²) in [7, 11) is 2.00. The molecule has 1 aromatic heterocycles. The fourth-order valence-corrected chi connectivity index (χ4v) is 0.919. The monoisotopic (exact) mass is 126 g/mol. The average molecular weight is 126 g/mol. The molecule has 1 heterocycles. The van der Waals surface area contributed by atoms with E-state index in [1.165, 1.54) is 0 Å². The van der Waals surface area contributed by atoms with Gasteiger partial charge in [-0.2, -0.15) is 0 Å². The summed E-state index contributed by atoms with van der Waals surface area (Å²) in [6.07, 6.45) is 1.64. The molecule has 0 aliphatic carbocycles. The Kier molecular flexibility index (Phi) is 1.88. The Balaban J connectivity index is 2.50. The first-order valence-electron chi connectivity index (χ1n) is 2.26. The van der Waals surface area contributed by atoms with Gasteiger partial charge >= 0.3 is 9.76 Å². The maximum Gasteiger partial charge on any atom is 0.314 e. The molecule has 0 aliphatic rings. The molecule has 0 aliphatic heterocycles. The third-order valence-electron chi connectivity index (χ3n) is 0.724. The molecule has 0 atom stereocenters. The second kappa shape index (κ2) is 2.69. The summed E-state index contributed by atoms with van der Waals surface area (Å²) in [5.41, 5.74) is 0. The summed E-state index contributed by atoms with van der Waals surface area (Å²) in [6, 6.07) is 3.74. The van der Waals surface area contributed by atoms with Crippen molar-refractivity contribution in [1.29, 1.82) is 0 Å². The molecular formula is C5H6O2Si. The highest BCUT2D eigenvalue weighted by molar-refractivity contribution is 6.44. The van der Waals surface area contributed by atoms with E-state index in [2.05, 4.69) is 0 Å². The molecule has 0 bridgehead atoms. The van der Waals surface area contributed by atoms with E-state index in [0.29, 0.717) is 9.76 Å². The van der Waals surface area contributed by atoms with Crippen LogP contribution in [0.3, 0.4) is 0 Å². The summed E-state index contributed by atoms with van der Waals surface area (Å²) in [4.78, 5) is 0. The minimum absolute atomic E-state index is 0.345. The van der Waals surface area contributed by atoms with Crippen molar-refractivity contribution < 1.29 is 8.84 Å². The quantitative estimate of drug-likeness (QED) is 0.527. The van der Waals surface area contributed by atoms with Gasteiger partial charge < -0.3 is 8.84 Å². The molecule has 2 nitrogen and oxygen atoms in total. The summed E-state index contributed by atoms with van der Waals surface area (Å²) >= 11 is 0. The van der Waals surface area contributed by atoms with Crippen molar-refractivity contribution in [2.45, 2.75) is 0 Å². The van der Waals surface area contributed by atoms with Gasteiger partial charge in [0.2, 0.25) is 0 Å². The Morgan fingerprint density at radius 3 is 3.12 bits per heavy atom. The molecule has 42 valence electrons. The fraction of sp³-hybridized carbons (Fsp3) is 0.200. The fourth-order valence-electron chi connectivity index (χ4n) is 0.437. The van der Waals surface area contributed by atoms with Gasteiger partial charge in [-0.1, -0.05) is 0 Å². The molecule has 1 rings (SSSR count). The van der Waals surface area contributed by atoms with Gasteiger partial charge in [0.25, 0.3) is 0 Å². The van der Waals surface area contributed by atoms with Gasteiger partial charge in [0, 0.05) is 7.11 Å².